The second-order valence-electron chi connectivity index (χ2n) is 4.64. The van der Waals surface area contributed by atoms with E-state index >= 15 is 0 Å². The minimum Gasteiger partial charge on any atom is -0.452 e. The van der Waals surface area contributed by atoms with E-state index < -0.39 is 43.8 Å². The number of sulfone groups is 1. The number of hydrogen-bond donors (Lipinski definition) is 1. The van der Waals surface area contributed by atoms with E-state index in [1.54, 1.807) is 0 Å². The summed E-state index contributed by atoms with van der Waals surface area (Å²) in [5.74, 6) is -1.46. The fraction of sp³-hybridized carbons (Fsp3) is 0.385. The molecule has 23 heavy (non-hydrogen) atoms. The van der Waals surface area contributed by atoms with Gasteiger partial charge in [0.15, 0.2) is 16.4 Å². The van der Waals surface area contributed by atoms with Crippen LogP contribution in [0.5, 0.6) is 0 Å². The van der Waals surface area contributed by atoms with Crippen LogP contribution in [0.3, 0.4) is 0 Å². The highest BCUT2D eigenvalue weighted by molar-refractivity contribution is 7.90. The number of ether oxygens (including phenoxy) is 1. The number of nitro benzene ring substituents is 1. The summed E-state index contributed by atoms with van der Waals surface area (Å²) in [6.45, 7) is 1.76. The fourth-order valence-electron chi connectivity index (χ4n) is 1.63. The van der Waals surface area contributed by atoms with Gasteiger partial charge in [0.2, 0.25) is 0 Å². The lowest BCUT2D eigenvalue weighted by atomic mass is 10.2. The predicted molar refractivity (Wildman–Crippen MR) is 79.8 cm³/mol. The van der Waals surface area contributed by atoms with Gasteiger partial charge in [-0.3, -0.25) is 14.9 Å². The second kappa shape index (κ2) is 7.68. The molecule has 1 rings (SSSR count). The molecule has 1 amide bonds. The molecule has 0 radical (unpaired) electrons. The monoisotopic (exact) mass is 344 g/mol. The van der Waals surface area contributed by atoms with Crippen LogP contribution < -0.4 is 5.32 Å². The molecule has 9 nitrogen and oxygen atoms in total. The van der Waals surface area contributed by atoms with Gasteiger partial charge in [0.25, 0.3) is 11.6 Å². The van der Waals surface area contributed by atoms with E-state index in [2.05, 4.69) is 5.32 Å². The zero-order valence-electron chi connectivity index (χ0n) is 12.6. The van der Waals surface area contributed by atoms with Gasteiger partial charge in [-0.25, -0.2) is 13.2 Å². The molecule has 10 heteroatoms. The summed E-state index contributed by atoms with van der Waals surface area (Å²) in [7, 11) is -3.81. The number of nitrogens with zero attached hydrogens (tertiary/aromatic N) is 1. The lowest BCUT2D eigenvalue weighted by Gasteiger charge is -2.06. The summed E-state index contributed by atoms with van der Waals surface area (Å²) in [6.07, 6.45) is 1.55. The van der Waals surface area contributed by atoms with E-state index in [4.69, 9.17) is 4.74 Å². The second-order valence-corrected chi connectivity index (χ2v) is 6.62. The number of rotatable bonds is 7. The molecule has 0 heterocycles. The Hall–Kier alpha value is -2.49. The molecule has 0 fully saturated rings. The van der Waals surface area contributed by atoms with Gasteiger partial charge in [-0.2, -0.15) is 0 Å². The van der Waals surface area contributed by atoms with E-state index in [-0.39, 0.29) is 5.56 Å². The number of esters is 1. The molecule has 0 aromatic heterocycles. The zero-order valence-corrected chi connectivity index (χ0v) is 13.4. The van der Waals surface area contributed by atoms with Crippen molar-refractivity contribution in [3.63, 3.8) is 0 Å². The first kappa shape index (κ1) is 18.6. The minimum absolute atomic E-state index is 0.215. The van der Waals surface area contributed by atoms with Crippen LogP contribution >= 0.6 is 0 Å². The first-order valence-electron chi connectivity index (χ1n) is 6.59. The van der Waals surface area contributed by atoms with Crippen LogP contribution in [0.4, 0.5) is 5.69 Å². The molecular formula is C13H16N2O7S. The maximum absolute atomic E-state index is 11.8. The van der Waals surface area contributed by atoms with E-state index in [1.165, 1.54) is 0 Å². The molecule has 0 aliphatic carbocycles. The third-order valence-electron chi connectivity index (χ3n) is 2.70. The summed E-state index contributed by atoms with van der Waals surface area (Å²) in [6, 6.07) is 2.86. The van der Waals surface area contributed by atoms with E-state index in [9.17, 15) is 28.1 Å². The number of hydrogen-bond acceptors (Lipinski definition) is 7. The molecule has 0 aliphatic heterocycles. The van der Waals surface area contributed by atoms with Crippen molar-refractivity contribution in [3.05, 3.63) is 33.9 Å². The van der Waals surface area contributed by atoms with Crippen LogP contribution in [-0.4, -0.2) is 44.6 Å². The maximum Gasteiger partial charge on any atom is 0.338 e. The SMILES string of the molecule is CCCNC(=O)COC(=O)c1ccc(S(C)(=O)=O)c([N+](=O)[O-])c1. The van der Waals surface area contributed by atoms with Crippen molar-refractivity contribution < 1.29 is 27.7 Å². The van der Waals surface area contributed by atoms with Gasteiger partial charge in [-0.05, 0) is 18.6 Å². The first-order chi connectivity index (χ1) is 10.7. The summed E-state index contributed by atoms with van der Waals surface area (Å²) >= 11 is 0. The van der Waals surface area contributed by atoms with Crippen molar-refractivity contribution in [1.82, 2.24) is 5.32 Å². The molecule has 0 atom stereocenters. The lowest BCUT2D eigenvalue weighted by molar-refractivity contribution is -0.387. The molecule has 0 saturated heterocycles. The maximum atomic E-state index is 11.8. The molecule has 1 aromatic carbocycles. The van der Waals surface area contributed by atoms with Crippen LogP contribution in [-0.2, 0) is 19.4 Å². The molecule has 0 aliphatic rings. The molecule has 126 valence electrons. The first-order valence-corrected chi connectivity index (χ1v) is 8.48. The van der Waals surface area contributed by atoms with Crippen LogP contribution in [0.2, 0.25) is 0 Å². The van der Waals surface area contributed by atoms with E-state index in [0.29, 0.717) is 6.54 Å². The van der Waals surface area contributed by atoms with Gasteiger partial charge < -0.3 is 10.1 Å². The van der Waals surface area contributed by atoms with Gasteiger partial charge in [-0.15, -0.1) is 0 Å². The van der Waals surface area contributed by atoms with Crippen molar-refractivity contribution in [2.75, 3.05) is 19.4 Å². The Morgan fingerprint density at radius 1 is 1.35 bits per heavy atom. The Bertz CT molecular complexity index is 728. The van der Waals surface area contributed by atoms with Crippen molar-refractivity contribution in [2.45, 2.75) is 18.2 Å². The van der Waals surface area contributed by atoms with Crippen molar-refractivity contribution >= 4 is 27.4 Å². The summed E-state index contributed by atoms with van der Waals surface area (Å²) in [4.78, 5) is 32.7. The van der Waals surface area contributed by atoms with Crippen LogP contribution in [0.25, 0.3) is 0 Å². The van der Waals surface area contributed by atoms with E-state index in [0.717, 1.165) is 30.9 Å². The van der Waals surface area contributed by atoms with Gasteiger partial charge in [-0.1, -0.05) is 6.92 Å². The van der Waals surface area contributed by atoms with Crippen molar-refractivity contribution in [2.24, 2.45) is 0 Å². The smallest absolute Gasteiger partial charge is 0.338 e. The average molecular weight is 344 g/mol. The molecular weight excluding hydrogens is 328 g/mol. The number of nitrogens with one attached hydrogen (secondary N) is 1. The number of carbonyl (C=O) groups is 2. The Balaban J connectivity index is 2.93. The van der Waals surface area contributed by atoms with Crippen LogP contribution in [0.15, 0.2) is 23.1 Å². The Morgan fingerprint density at radius 3 is 2.52 bits per heavy atom. The standard InChI is InChI=1S/C13H16N2O7S/c1-3-6-14-12(16)8-22-13(17)9-4-5-11(23(2,20)21)10(7-9)15(18)19/h4-5,7H,3,6,8H2,1-2H3,(H,14,16). The molecule has 0 bridgehead atoms. The third-order valence-corrected chi connectivity index (χ3v) is 3.84. The number of carbonyl (C=O) groups excluding carboxylic acids is 2. The summed E-state index contributed by atoms with van der Waals surface area (Å²) < 4.78 is 27.7. The largest absolute Gasteiger partial charge is 0.452 e. The van der Waals surface area contributed by atoms with E-state index in [1.807, 2.05) is 6.92 Å². The number of benzene rings is 1. The number of nitro groups is 1. The van der Waals surface area contributed by atoms with Crippen LogP contribution in [0.1, 0.15) is 23.7 Å². The predicted octanol–water partition coefficient (Wildman–Crippen LogP) is 0.681. The van der Waals surface area contributed by atoms with Crippen LogP contribution in [0, 0.1) is 10.1 Å². The minimum atomic E-state index is -3.81. The quantitative estimate of drug-likeness (QED) is 0.437. The van der Waals surface area contributed by atoms with Gasteiger partial charge >= 0.3 is 5.97 Å². The fourth-order valence-corrected chi connectivity index (χ4v) is 2.46. The highest BCUT2D eigenvalue weighted by Gasteiger charge is 2.24. The highest BCUT2D eigenvalue weighted by Crippen LogP contribution is 2.25. The summed E-state index contributed by atoms with van der Waals surface area (Å²) in [5.41, 5.74) is -0.940. The number of amides is 1. The Labute approximate surface area is 132 Å². The Kier molecular flexibility index (Phi) is 6.19. The summed E-state index contributed by atoms with van der Waals surface area (Å²) in [5, 5.41) is 13.4. The third kappa shape index (κ3) is 5.33. The van der Waals surface area contributed by atoms with Gasteiger partial charge in [0.05, 0.1) is 10.5 Å². The molecule has 0 spiro atoms. The highest BCUT2D eigenvalue weighted by atomic mass is 32.2. The molecule has 0 saturated carbocycles. The molecule has 1 N–H and O–H groups in total. The normalized spacial score (nSPS) is 10.9. The lowest BCUT2D eigenvalue weighted by Crippen LogP contribution is -2.29. The van der Waals surface area contributed by atoms with Gasteiger partial charge in [0, 0.05) is 18.9 Å². The van der Waals surface area contributed by atoms with Gasteiger partial charge in [0.1, 0.15) is 4.90 Å². The van der Waals surface area contributed by atoms with Crippen molar-refractivity contribution in [1.29, 1.82) is 0 Å². The molecule has 1 aromatic rings. The zero-order chi connectivity index (χ0) is 17.6. The average Bonchev–Trinajstić information content (AvgIpc) is 2.48. The molecule has 0 unspecified atom stereocenters. The van der Waals surface area contributed by atoms with Crippen molar-refractivity contribution in [3.8, 4) is 0 Å². The Morgan fingerprint density at radius 2 is 2.00 bits per heavy atom. The topological polar surface area (TPSA) is 133 Å².